The Morgan fingerprint density at radius 2 is 0.658 bits per heavy atom. The molecule has 0 saturated heterocycles. The van der Waals surface area contributed by atoms with Crippen molar-refractivity contribution in [3.8, 4) is 44.5 Å². The fourth-order valence-electron chi connectivity index (χ4n) is 10.3. The van der Waals surface area contributed by atoms with E-state index in [1.807, 2.05) is 18.5 Å². The first-order valence-electron chi connectivity index (χ1n) is 25.5. The standard InChI is InChI=1S/C70H57N3/c1-3-51-17-14-15-25-68(51)69-47-46-67(49-52(69)4-2)73(65-38-28-56(29-39-65)54-20-10-6-11-21-54)66-44-34-60(35-45-66)70(58-22-12-7-13-23-58)59-32-42-64(43-33-59)72(62-36-26-55(27-37-62)53-18-8-5-9-19-53)63-40-30-57(31-41-63)61-24-16-48-71-50-61/h5-50,70H,3-4H2,1-2H3. The van der Waals surface area contributed by atoms with E-state index in [2.05, 4.69) is 289 Å². The van der Waals surface area contributed by atoms with Crippen LogP contribution in [0.3, 0.4) is 0 Å². The Morgan fingerprint density at radius 3 is 1.12 bits per heavy atom. The first kappa shape index (κ1) is 46.3. The molecule has 0 bridgehead atoms. The zero-order chi connectivity index (χ0) is 49.3. The summed E-state index contributed by atoms with van der Waals surface area (Å²) in [6.45, 7) is 4.51. The number of aromatic nitrogens is 1. The van der Waals surface area contributed by atoms with Crippen LogP contribution >= 0.6 is 0 Å². The van der Waals surface area contributed by atoms with Gasteiger partial charge in [0.2, 0.25) is 0 Å². The molecule has 3 nitrogen and oxygen atoms in total. The van der Waals surface area contributed by atoms with E-state index >= 15 is 0 Å². The van der Waals surface area contributed by atoms with Crippen LogP contribution in [0.1, 0.15) is 47.6 Å². The third-order valence-corrected chi connectivity index (χ3v) is 14.1. The molecule has 73 heavy (non-hydrogen) atoms. The van der Waals surface area contributed by atoms with E-state index in [1.54, 1.807) is 0 Å². The predicted octanol–water partition coefficient (Wildman–Crippen LogP) is 19.0. The SMILES string of the molecule is CCc1ccccc1-c1ccc(N(c2ccc(-c3ccccc3)cc2)c2ccc(C(c3ccccc3)c3ccc(N(c4ccc(-c5ccccc5)cc4)c4ccc(-c5cccnc5)cc4)cc3)cc2)cc1CC. The lowest BCUT2D eigenvalue weighted by molar-refractivity contribution is 0.976. The fourth-order valence-corrected chi connectivity index (χ4v) is 10.3. The highest BCUT2D eigenvalue weighted by molar-refractivity contribution is 5.83. The molecule has 0 fully saturated rings. The summed E-state index contributed by atoms with van der Waals surface area (Å²) in [4.78, 5) is 9.12. The van der Waals surface area contributed by atoms with E-state index in [0.717, 1.165) is 58.1 Å². The summed E-state index contributed by atoms with van der Waals surface area (Å²) >= 11 is 0. The maximum Gasteiger partial charge on any atom is 0.0464 e. The number of nitrogens with zero attached hydrogens (tertiary/aromatic N) is 3. The molecule has 1 aromatic heterocycles. The van der Waals surface area contributed by atoms with Crippen LogP contribution < -0.4 is 9.80 Å². The zero-order valence-corrected chi connectivity index (χ0v) is 41.4. The Labute approximate surface area is 431 Å². The van der Waals surface area contributed by atoms with E-state index in [1.165, 1.54) is 61.2 Å². The second-order valence-electron chi connectivity index (χ2n) is 18.5. The Hall–Kier alpha value is -9.05. The van der Waals surface area contributed by atoms with E-state index in [9.17, 15) is 0 Å². The number of hydrogen-bond donors (Lipinski definition) is 0. The Bertz CT molecular complexity index is 3440. The minimum absolute atomic E-state index is 0.00453. The Morgan fingerprint density at radius 1 is 0.301 bits per heavy atom. The lowest BCUT2D eigenvalue weighted by atomic mass is 9.85. The fraction of sp³-hybridized carbons (Fsp3) is 0.0714. The summed E-state index contributed by atoms with van der Waals surface area (Å²) in [6, 6.07) is 97.1. The Kier molecular flexibility index (Phi) is 13.7. The minimum atomic E-state index is 0.00453. The average molecular weight is 940 g/mol. The van der Waals surface area contributed by atoms with Crippen molar-refractivity contribution in [1.29, 1.82) is 0 Å². The van der Waals surface area contributed by atoms with Gasteiger partial charge in [-0.1, -0.05) is 202 Å². The quantitative estimate of drug-likeness (QED) is 0.0955. The number of pyridine rings is 1. The smallest absolute Gasteiger partial charge is 0.0464 e. The zero-order valence-electron chi connectivity index (χ0n) is 41.4. The van der Waals surface area contributed by atoms with Crippen LogP contribution in [0, 0.1) is 0 Å². The van der Waals surface area contributed by atoms with Crippen LogP contribution in [-0.2, 0) is 12.8 Å². The maximum absolute atomic E-state index is 4.37. The van der Waals surface area contributed by atoms with Crippen molar-refractivity contribution in [3.63, 3.8) is 0 Å². The van der Waals surface area contributed by atoms with Gasteiger partial charge in [0.05, 0.1) is 0 Å². The van der Waals surface area contributed by atoms with Gasteiger partial charge in [-0.15, -0.1) is 0 Å². The molecule has 0 spiro atoms. The van der Waals surface area contributed by atoms with Crippen LogP contribution in [0.2, 0.25) is 0 Å². The van der Waals surface area contributed by atoms with Crippen molar-refractivity contribution >= 4 is 34.1 Å². The van der Waals surface area contributed by atoms with Gasteiger partial charge in [0.15, 0.2) is 0 Å². The molecule has 0 radical (unpaired) electrons. The van der Waals surface area contributed by atoms with Crippen LogP contribution in [0.4, 0.5) is 34.1 Å². The van der Waals surface area contributed by atoms with Crippen molar-refractivity contribution in [2.75, 3.05) is 9.80 Å². The van der Waals surface area contributed by atoms with E-state index in [-0.39, 0.29) is 5.92 Å². The van der Waals surface area contributed by atoms with E-state index < -0.39 is 0 Å². The molecule has 11 rings (SSSR count). The Balaban J connectivity index is 0.960. The summed E-state index contributed by atoms with van der Waals surface area (Å²) in [6.07, 6.45) is 5.65. The van der Waals surface area contributed by atoms with Gasteiger partial charge in [0, 0.05) is 52.4 Å². The third kappa shape index (κ3) is 10.00. The summed E-state index contributed by atoms with van der Waals surface area (Å²) in [5, 5.41) is 0. The molecule has 352 valence electrons. The monoisotopic (exact) mass is 939 g/mol. The highest BCUT2D eigenvalue weighted by Gasteiger charge is 2.22. The van der Waals surface area contributed by atoms with Crippen molar-refractivity contribution in [3.05, 3.63) is 307 Å². The van der Waals surface area contributed by atoms with Gasteiger partial charge in [0.25, 0.3) is 0 Å². The van der Waals surface area contributed by atoms with Gasteiger partial charge in [-0.3, -0.25) is 4.98 Å². The number of rotatable bonds is 15. The largest absolute Gasteiger partial charge is 0.311 e. The van der Waals surface area contributed by atoms with Crippen LogP contribution in [0.5, 0.6) is 0 Å². The van der Waals surface area contributed by atoms with Crippen LogP contribution in [0.25, 0.3) is 44.5 Å². The normalized spacial score (nSPS) is 11.5. The molecule has 0 amide bonds. The summed E-state index contributed by atoms with van der Waals surface area (Å²) in [5.74, 6) is 0.00453. The van der Waals surface area contributed by atoms with Gasteiger partial charge >= 0.3 is 0 Å². The van der Waals surface area contributed by atoms with Gasteiger partial charge < -0.3 is 9.80 Å². The van der Waals surface area contributed by atoms with E-state index in [0.29, 0.717) is 0 Å². The second-order valence-corrected chi connectivity index (χ2v) is 18.5. The molecule has 0 N–H and O–H groups in total. The van der Waals surface area contributed by atoms with E-state index in [4.69, 9.17) is 0 Å². The van der Waals surface area contributed by atoms with Crippen molar-refractivity contribution in [2.24, 2.45) is 0 Å². The molecule has 0 aliphatic heterocycles. The molecule has 0 aliphatic rings. The van der Waals surface area contributed by atoms with Crippen molar-refractivity contribution in [1.82, 2.24) is 4.98 Å². The summed E-state index contributed by atoms with van der Waals surface area (Å²) in [5.41, 5.74) is 22.6. The first-order chi connectivity index (χ1) is 36.1. The molecular weight excluding hydrogens is 883 g/mol. The molecule has 1 unspecified atom stereocenters. The van der Waals surface area contributed by atoms with Crippen molar-refractivity contribution in [2.45, 2.75) is 32.6 Å². The molecule has 10 aromatic carbocycles. The number of anilines is 6. The highest BCUT2D eigenvalue weighted by Crippen LogP contribution is 2.42. The average Bonchev–Trinajstić information content (AvgIpc) is 3.47. The number of hydrogen-bond acceptors (Lipinski definition) is 3. The predicted molar refractivity (Wildman–Crippen MR) is 308 cm³/mol. The molecule has 1 heterocycles. The van der Waals surface area contributed by atoms with Gasteiger partial charge in [-0.25, -0.2) is 0 Å². The molecule has 3 heteroatoms. The minimum Gasteiger partial charge on any atom is -0.311 e. The highest BCUT2D eigenvalue weighted by atomic mass is 15.1. The third-order valence-electron chi connectivity index (χ3n) is 14.1. The van der Waals surface area contributed by atoms with Crippen molar-refractivity contribution < 1.29 is 0 Å². The molecule has 0 saturated carbocycles. The van der Waals surface area contributed by atoms with Gasteiger partial charge in [0.1, 0.15) is 0 Å². The second kappa shape index (κ2) is 21.5. The molecule has 11 aromatic rings. The topological polar surface area (TPSA) is 19.4 Å². The van der Waals surface area contributed by atoms with Gasteiger partial charge in [-0.2, -0.15) is 0 Å². The van der Waals surface area contributed by atoms with Gasteiger partial charge in [-0.05, 0) is 164 Å². The molecule has 1 atom stereocenters. The lowest BCUT2D eigenvalue weighted by Crippen LogP contribution is -2.12. The van der Waals surface area contributed by atoms with Crippen LogP contribution in [-0.4, -0.2) is 4.98 Å². The van der Waals surface area contributed by atoms with Crippen LogP contribution in [0.15, 0.2) is 279 Å². The maximum atomic E-state index is 4.37. The summed E-state index contributed by atoms with van der Waals surface area (Å²) in [7, 11) is 0. The number of aryl methyl sites for hydroxylation is 2. The lowest BCUT2D eigenvalue weighted by Gasteiger charge is -2.28. The molecule has 0 aliphatic carbocycles. The molecular formula is C70H57N3. The first-order valence-corrected chi connectivity index (χ1v) is 25.5. The number of benzene rings is 10. The summed E-state index contributed by atoms with van der Waals surface area (Å²) < 4.78 is 0.